The molecule has 0 bridgehead atoms. The molecule has 4 heterocycles. The van der Waals surface area contributed by atoms with Crippen molar-refractivity contribution in [2.24, 2.45) is 0 Å². The highest BCUT2D eigenvalue weighted by Crippen LogP contribution is 2.46. The highest BCUT2D eigenvalue weighted by atomic mass is 19.2. The molecule has 1 spiro atoms. The molecule has 2 aromatic heterocycles. The molecule has 38 heavy (non-hydrogen) atoms. The maximum absolute atomic E-state index is 14.5. The molecule has 1 aromatic carbocycles. The summed E-state index contributed by atoms with van der Waals surface area (Å²) in [5.41, 5.74) is 1.06. The van der Waals surface area contributed by atoms with E-state index >= 15 is 0 Å². The van der Waals surface area contributed by atoms with Gasteiger partial charge in [0, 0.05) is 47.6 Å². The standard InChI is InChI=1S/C27H22F3N5O3/c1-12-15(21-17(28)4-5-18(29)22(21)30)8-19(25(37)33-12)34-24(36)14-7-13-9-27(10-20(13)32-11-14)16-3-2-6-31-23(16)35-26(27)38/h2-7,11-12,15,19H,8-10H2,1H3,(H,33,37)(H,34,36)(H,31,35,38)/t12-,15-,19+,27+/m1/s1. The van der Waals surface area contributed by atoms with Crippen LogP contribution in [0.4, 0.5) is 19.0 Å². The Labute approximate surface area is 215 Å². The molecule has 2 aliphatic heterocycles. The summed E-state index contributed by atoms with van der Waals surface area (Å²) in [7, 11) is 0. The van der Waals surface area contributed by atoms with Crippen molar-refractivity contribution in [2.45, 2.75) is 49.6 Å². The fourth-order valence-electron chi connectivity index (χ4n) is 5.85. The zero-order valence-corrected chi connectivity index (χ0v) is 20.1. The van der Waals surface area contributed by atoms with Crippen LogP contribution in [-0.2, 0) is 27.8 Å². The Morgan fingerprint density at radius 3 is 2.71 bits per heavy atom. The summed E-state index contributed by atoms with van der Waals surface area (Å²) in [4.78, 5) is 47.3. The largest absolute Gasteiger partial charge is 0.351 e. The third kappa shape index (κ3) is 3.64. The van der Waals surface area contributed by atoms with Crippen LogP contribution in [0, 0.1) is 17.5 Å². The smallest absolute Gasteiger partial charge is 0.253 e. The Balaban J connectivity index is 1.23. The van der Waals surface area contributed by atoms with Gasteiger partial charge in [-0.05, 0) is 49.6 Å². The highest BCUT2D eigenvalue weighted by Gasteiger charge is 2.51. The number of carbonyl (C=O) groups excluding carboxylic acids is 3. The summed E-state index contributed by atoms with van der Waals surface area (Å²) in [6.07, 6.45) is 3.55. The van der Waals surface area contributed by atoms with E-state index in [1.165, 1.54) is 6.20 Å². The molecule has 194 valence electrons. The lowest BCUT2D eigenvalue weighted by Crippen LogP contribution is -2.56. The van der Waals surface area contributed by atoms with Gasteiger partial charge in [-0.25, -0.2) is 18.2 Å². The van der Waals surface area contributed by atoms with Gasteiger partial charge in [-0.3, -0.25) is 19.4 Å². The van der Waals surface area contributed by atoms with Gasteiger partial charge in [0.05, 0.1) is 11.0 Å². The Hall–Kier alpha value is -4.28. The predicted molar refractivity (Wildman–Crippen MR) is 129 cm³/mol. The number of halogens is 3. The molecule has 11 heteroatoms. The summed E-state index contributed by atoms with van der Waals surface area (Å²) < 4.78 is 42.8. The van der Waals surface area contributed by atoms with Crippen LogP contribution >= 0.6 is 0 Å². The topological polar surface area (TPSA) is 113 Å². The first-order valence-electron chi connectivity index (χ1n) is 12.2. The number of fused-ring (bicyclic) bond motifs is 3. The van der Waals surface area contributed by atoms with Gasteiger partial charge in [0.1, 0.15) is 17.7 Å². The lowest BCUT2D eigenvalue weighted by Gasteiger charge is -2.35. The summed E-state index contributed by atoms with van der Waals surface area (Å²) in [6, 6.07) is 5.00. The molecule has 3 amide bonds. The van der Waals surface area contributed by atoms with Crippen LogP contribution in [0.3, 0.4) is 0 Å². The van der Waals surface area contributed by atoms with Crippen molar-refractivity contribution in [3.05, 3.63) is 88.1 Å². The number of nitrogens with zero attached hydrogens (tertiary/aromatic N) is 2. The molecule has 4 atom stereocenters. The van der Waals surface area contributed by atoms with Crippen molar-refractivity contribution in [3.63, 3.8) is 0 Å². The van der Waals surface area contributed by atoms with Gasteiger partial charge in [0.15, 0.2) is 11.6 Å². The zero-order chi connectivity index (χ0) is 26.8. The molecule has 0 unspecified atom stereocenters. The second-order valence-electron chi connectivity index (χ2n) is 10.0. The average Bonchev–Trinajstić information content (AvgIpc) is 3.41. The molecule has 1 fully saturated rings. The van der Waals surface area contributed by atoms with Gasteiger partial charge in [-0.2, -0.15) is 0 Å². The monoisotopic (exact) mass is 521 g/mol. The summed E-state index contributed by atoms with van der Waals surface area (Å²) in [5.74, 6) is -5.11. The lowest BCUT2D eigenvalue weighted by atomic mass is 9.80. The molecule has 0 radical (unpaired) electrons. The Morgan fingerprint density at radius 1 is 1.11 bits per heavy atom. The van der Waals surface area contributed by atoms with Gasteiger partial charge < -0.3 is 16.0 Å². The van der Waals surface area contributed by atoms with Crippen LogP contribution in [0.2, 0.25) is 0 Å². The van der Waals surface area contributed by atoms with E-state index < -0.39 is 58.2 Å². The number of piperidine rings is 1. The van der Waals surface area contributed by atoms with E-state index in [4.69, 9.17) is 0 Å². The number of aromatic nitrogens is 2. The van der Waals surface area contributed by atoms with Gasteiger partial charge >= 0.3 is 0 Å². The number of anilines is 1. The molecule has 3 aromatic rings. The summed E-state index contributed by atoms with van der Waals surface area (Å²) in [6.45, 7) is 1.57. The molecule has 0 saturated carbocycles. The van der Waals surface area contributed by atoms with Crippen LogP contribution in [0.15, 0.2) is 42.7 Å². The quantitative estimate of drug-likeness (QED) is 0.459. The summed E-state index contributed by atoms with van der Waals surface area (Å²) in [5, 5.41) is 8.05. The third-order valence-electron chi connectivity index (χ3n) is 7.81. The van der Waals surface area contributed by atoms with E-state index in [2.05, 4.69) is 25.9 Å². The van der Waals surface area contributed by atoms with E-state index in [1.807, 2.05) is 6.07 Å². The number of amides is 3. The van der Waals surface area contributed by atoms with E-state index in [0.717, 1.165) is 17.2 Å². The lowest BCUT2D eigenvalue weighted by molar-refractivity contribution is -0.125. The minimum atomic E-state index is -1.31. The van der Waals surface area contributed by atoms with Crippen molar-refractivity contribution in [1.29, 1.82) is 0 Å². The van der Waals surface area contributed by atoms with Gasteiger partial charge in [-0.15, -0.1) is 0 Å². The number of hydrogen-bond donors (Lipinski definition) is 3. The number of nitrogens with one attached hydrogen (secondary N) is 3. The maximum atomic E-state index is 14.5. The number of carbonyl (C=O) groups is 3. The second kappa shape index (κ2) is 8.64. The van der Waals surface area contributed by atoms with Crippen molar-refractivity contribution >= 4 is 23.5 Å². The second-order valence-corrected chi connectivity index (χ2v) is 10.0. The van der Waals surface area contributed by atoms with Crippen molar-refractivity contribution in [2.75, 3.05) is 5.32 Å². The number of hydrogen-bond acceptors (Lipinski definition) is 5. The first-order chi connectivity index (χ1) is 18.2. The number of rotatable bonds is 3. The first kappa shape index (κ1) is 24.1. The van der Waals surface area contributed by atoms with Crippen LogP contribution < -0.4 is 16.0 Å². The van der Waals surface area contributed by atoms with Crippen molar-refractivity contribution in [3.8, 4) is 0 Å². The number of pyridine rings is 2. The molecule has 3 N–H and O–H groups in total. The molecule has 8 nitrogen and oxygen atoms in total. The van der Waals surface area contributed by atoms with E-state index in [0.29, 0.717) is 30.4 Å². The molecule has 1 saturated heterocycles. The maximum Gasteiger partial charge on any atom is 0.253 e. The van der Waals surface area contributed by atoms with E-state index in [9.17, 15) is 27.6 Å². The molecular weight excluding hydrogens is 499 g/mol. The highest BCUT2D eigenvalue weighted by molar-refractivity contribution is 6.06. The molecule has 3 aliphatic rings. The Kier molecular flexibility index (Phi) is 5.48. The minimum absolute atomic E-state index is 0.124. The third-order valence-corrected chi connectivity index (χ3v) is 7.81. The Bertz CT molecular complexity index is 1530. The van der Waals surface area contributed by atoms with Crippen LogP contribution in [0.1, 0.15) is 52.0 Å². The molecule has 1 aliphatic carbocycles. The zero-order valence-electron chi connectivity index (χ0n) is 20.1. The van der Waals surface area contributed by atoms with E-state index in [1.54, 1.807) is 25.3 Å². The SMILES string of the molecule is C[C@H]1NC(=O)[C@@H](NC(=O)c2cnc3c(c2)C[C@@]2(C3)C(=O)Nc3ncccc32)C[C@H]1c1c(F)ccc(F)c1F. The van der Waals surface area contributed by atoms with Crippen molar-refractivity contribution in [1.82, 2.24) is 20.6 Å². The van der Waals surface area contributed by atoms with Gasteiger partial charge in [0.25, 0.3) is 5.91 Å². The van der Waals surface area contributed by atoms with Gasteiger partial charge in [-0.1, -0.05) is 6.07 Å². The van der Waals surface area contributed by atoms with E-state index in [-0.39, 0.29) is 17.9 Å². The minimum Gasteiger partial charge on any atom is -0.351 e. The molecular formula is C27H22F3N5O3. The Morgan fingerprint density at radius 2 is 1.89 bits per heavy atom. The molecule has 6 rings (SSSR count). The summed E-state index contributed by atoms with van der Waals surface area (Å²) >= 11 is 0. The van der Waals surface area contributed by atoms with Crippen molar-refractivity contribution < 1.29 is 27.6 Å². The van der Waals surface area contributed by atoms with Crippen LogP contribution in [0.5, 0.6) is 0 Å². The normalized spacial score (nSPS) is 25.5. The van der Waals surface area contributed by atoms with Crippen LogP contribution in [-0.4, -0.2) is 39.8 Å². The first-order valence-corrected chi connectivity index (χ1v) is 12.2. The van der Waals surface area contributed by atoms with Crippen LogP contribution in [0.25, 0.3) is 0 Å². The number of benzene rings is 1. The predicted octanol–water partition coefficient (Wildman–Crippen LogP) is 2.67. The fourth-order valence-corrected chi connectivity index (χ4v) is 5.85. The fraction of sp³-hybridized carbons (Fsp3) is 0.296. The van der Waals surface area contributed by atoms with Gasteiger partial charge in [0.2, 0.25) is 11.8 Å². The average molecular weight is 521 g/mol.